The van der Waals surface area contributed by atoms with Gasteiger partial charge >= 0.3 is 5.69 Å². The fraction of sp³-hybridized carbons (Fsp3) is 0.500. The first-order valence-electron chi connectivity index (χ1n) is 6.17. The molecule has 0 spiro atoms. The Morgan fingerprint density at radius 3 is 2.70 bits per heavy atom. The minimum atomic E-state index is -3.00. The number of halogens is 1. The summed E-state index contributed by atoms with van der Waals surface area (Å²) < 4.78 is 36.2. The fourth-order valence-corrected chi connectivity index (χ4v) is 4.32. The Labute approximate surface area is 115 Å². The number of hydrogen-bond donors (Lipinski definition) is 1. The topological polar surface area (TPSA) is 103 Å². The first-order chi connectivity index (χ1) is 9.28. The maximum absolute atomic E-state index is 13.5. The van der Waals surface area contributed by atoms with E-state index in [1.54, 1.807) is 0 Å². The van der Waals surface area contributed by atoms with E-state index in [0.717, 1.165) is 12.1 Å². The highest BCUT2D eigenvalue weighted by molar-refractivity contribution is 7.91. The van der Waals surface area contributed by atoms with Gasteiger partial charge in [-0.05, 0) is 30.4 Å². The lowest BCUT2D eigenvalue weighted by atomic mass is 9.94. The van der Waals surface area contributed by atoms with E-state index < -0.39 is 32.3 Å². The van der Waals surface area contributed by atoms with E-state index >= 15 is 0 Å². The van der Waals surface area contributed by atoms with Crippen molar-refractivity contribution in [3.63, 3.8) is 0 Å². The minimum Gasteiger partial charge on any atom is -0.327 e. The van der Waals surface area contributed by atoms with Gasteiger partial charge in [0.1, 0.15) is 0 Å². The van der Waals surface area contributed by atoms with Gasteiger partial charge in [0.25, 0.3) is 0 Å². The van der Waals surface area contributed by atoms with Gasteiger partial charge in [-0.3, -0.25) is 10.1 Å². The Morgan fingerprint density at radius 1 is 1.50 bits per heavy atom. The van der Waals surface area contributed by atoms with E-state index in [4.69, 9.17) is 5.73 Å². The van der Waals surface area contributed by atoms with Crippen LogP contribution in [0.1, 0.15) is 12.0 Å². The number of hydrogen-bond acceptors (Lipinski definition) is 5. The summed E-state index contributed by atoms with van der Waals surface area (Å²) in [5.74, 6) is -0.846. The lowest BCUT2D eigenvalue weighted by Crippen LogP contribution is -2.33. The number of nitrogens with two attached hydrogens (primary N) is 1. The van der Waals surface area contributed by atoms with E-state index in [1.165, 1.54) is 6.07 Å². The summed E-state index contributed by atoms with van der Waals surface area (Å²) in [6.07, 6.45) is 0.814. The third kappa shape index (κ3) is 3.31. The van der Waals surface area contributed by atoms with Crippen LogP contribution in [0.3, 0.4) is 0 Å². The van der Waals surface area contributed by atoms with E-state index in [0.29, 0.717) is 18.4 Å². The van der Waals surface area contributed by atoms with Crippen LogP contribution in [0, 0.1) is 21.8 Å². The first kappa shape index (κ1) is 14.9. The normalized spacial score (nSPS) is 22.6. The van der Waals surface area contributed by atoms with Crippen molar-refractivity contribution in [1.29, 1.82) is 0 Å². The van der Waals surface area contributed by atoms with Crippen molar-refractivity contribution in [1.82, 2.24) is 0 Å². The molecule has 2 atom stereocenters. The van der Waals surface area contributed by atoms with Gasteiger partial charge in [-0.25, -0.2) is 8.42 Å². The molecule has 0 radical (unpaired) electrons. The van der Waals surface area contributed by atoms with Gasteiger partial charge in [-0.1, -0.05) is 6.07 Å². The van der Waals surface area contributed by atoms with Gasteiger partial charge in [0, 0.05) is 12.1 Å². The number of nitro benzene ring substituents is 1. The van der Waals surface area contributed by atoms with Crippen molar-refractivity contribution in [2.45, 2.75) is 18.9 Å². The van der Waals surface area contributed by atoms with Crippen molar-refractivity contribution in [2.75, 3.05) is 11.5 Å². The Hall–Kier alpha value is -1.54. The summed E-state index contributed by atoms with van der Waals surface area (Å²) in [5.41, 5.74) is 5.91. The van der Waals surface area contributed by atoms with Crippen LogP contribution in [0.5, 0.6) is 0 Å². The quantitative estimate of drug-likeness (QED) is 0.661. The second-order valence-electron chi connectivity index (χ2n) is 5.07. The zero-order chi connectivity index (χ0) is 14.9. The Kier molecular flexibility index (Phi) is 4.05. The van der Waals surface area contributed by atoms with Crippen molar-refractivity contribution in [3.05, 3.63) is 39.7 Å². The second kappa shape index (κ2) is 5.45. The second-order valence-corrected chi connectivity index (χ2v) is 7.30. The maximum Gasteiger partial charge on any atom is 0.304 e. The standard InChI is InChI=1S/C12H15FN2O4S/c13-10-5-8(1-2-12(10)15(16)17)6-11(14)9-3-4-20(18,19)7-9/h1-2,5,9,11H,3-4,6-7,14H2. The molecule has 0 aliphatic carbocycles. The highest BCUT2D eigenvalue weighted by Crippen LogP contribution is 2.24. The lowest BCUT2D eigenvalue weighted by Gasteiger charge is -2.17. The summed E-state index contributed by atoms with van der Waals surface area (Å²) >= 11 is 0. The molecule has 1 aliphatic heterocycles. The smallest absolute Gasteiger partial charge is 0.304 e. The zero-order valence-electron chi connectivity index (χ0n) is 10.7. The SMILES string of the molecule is NC(Cc1ccc([N+](=O)[O-])c(F)c1)C1CCS(=O)(=O)C1. The van der Waals surface area contributed by atoms with Gasteiger partial charge in [-0.15, -0.1) is 0 Å². The third-order valence-electron chi connectivity index (χ3n) is 3.55. The molecule has 2 unspecified atom stereocenters. The van der Waals surface area contributed by atoms with Crippen LogP contribution in [0.25, 0.3) is 0 Å². The average molecular weight is 302 g/mol. The van der Waals surface area contributed by atoms with Crippen molar-refractivity contribution < 1.29 is 17.7 Å². The molecule has 2 rings (SSSR count). The van der Waals surface area contributed by atoms with E-state index in [9.17, 15) is 22.9 Å². The summed E-state index contributed by atoms with van der Waals surface area (Å²) in [4.78, 5) is 9.72. The Balaban J connectivity index is 2.07. The Bertz CT molecular complexity index is 632. The van der Waals surface area contributed by atoms with Crippen LogP contribution >= 0.6 is 0 Å². The van der Waals surface area contributed by atoms with E-state index in [2.05, 4.69) is 0 Å². The molecule has 0 aromatic heterocycles. The maximum atomic E-state index is 13.5. The molecule has 1 aliphatic rings. The van der Waals surface area contributed by atoms with Crippen LogP contribution < -0.4 is 5.73 Å². The van der Waals surface area contributed by atoms with Gasteiger partial charge in [0.15, 0.2) is 9.84 Å². The highest BCUT2D eigenvalue weighted by Gasteiger charge is 2.32. The van der Waals surface area contributed by atoms with Crippen LogP contribution in [0.15, 0.2) is 18.2 Å². The van der Waals surface area contributed by atoms with Gasteiger partial charge < -0.3 is 5.73 Å². The third-order valence-corrected chi connectivity index (χ3v) is 5.35. The zero-order valence-corrected chi connectivity index (χ0v) is 11.5. The van der Waals surface area contributed by atoms with Crippen LogP contribution in [-0.2, 0) is 16.3 Å². The van der Waals surface area contributed by atoms with Crippen LogP contribution in [0.2, 0.25) is 0 Å². The van der Waals surface area contributed by atoms with Gasteiger partial charge in [-0.2, -0.15) is 4.39 Å². The summed E-state index contributed by atoms with van der Waals surface area (Å²) in [6.45, 7) is 0. The number of nitrogens with zero attached hydrogens (tertiary/aromatic N) is 1. The summed E-state index contributed by atoms with van der Waals surface area (Å²) in [6, 6.07) is 3.24. The molecule has 0 saturated carbocycles. The van der Waals surface area contributed by atoms with Crippen LogP contribution in [-0.4, -0.2) is 30.9 Å². The molecule has 1 aromatic carbocycles. The van der Waals surface area contributed by atoms with Gasteiger partial charge in [0.05, 0.1) is 16.4 Å². The molecule has 8 heteroatoms. The first-order valence-corrected chi connectivity index (χ1v) is 7.99. The average Bonchev–Trinajstić information content (AvgIpc) is 2.69. The largest absolute Gasteiger partial charge is 0.327 e. The highest BCUT2D eigenvalue weighted by atomic mass is 32.2. The van der Waals surface area contributed by atoms with Crippen molar-refractivity contribution >= 4 is 15.5 Å². The number of nitro groups is 1. The Morgan fingerprint density at radius 2 is 2.20 bits per heavy atom. The molecule has 1 fully saturated rings. The predicted molar refractivity (Wildman–Crippen MR) is 71.5 cm³/mol. The molecule has 110 valence electrons. The molecule has 0 amide bonds. The van der Waals surface area contributed by atoms with E-state index in [-0.39, 0.29) is 17.4 Å². The van der Waals surface area contributed by atoms with Crippen LogP contribution in [0.4, 0.5) is 10.1 Å². The lowest BCUT2D eigenvalue weighted by molar-refractivity contribution is -0.387. The number of benzene rings is 1. The van der Waals surface area contributed by atoms with Crippen molar-refractivity contribution in [3.8, 4) is 0 Å². The molecular weight excluding hydrogens is 287 g/mol. The molecular formula is C12H15FN2O4S. The molecule has 6 nitrogen and oxygen atoms in total. The summed E-state index contributed by atoms with van der Waals surface area (Å²) in [5, 5.41) is 10.5. The number of rotatable bonds is 4. The monoisotopic (exact) mass is 302 g/mol. The molecule has 2 N–H and O–H groups in total. The number of sulfone groups is 1. The van der Waals surface area contributed by atoms with Gasteiger partial charge in [0.2, 0.25) is 5.82 Å². The van der Waals surface area contributed by atoms with Crippen molar-refractivity contribution in [2.24, 2.45) is 11.7 Å². The molecule has 0 bridgehead atoms. The molecule has 1 heterocycles. The van der Waals surface area contributed by atoms with E-state index in [1.807, 2.05) is 0 Å². The predicted octanol–water partition coefficient (Wildman–Crippen LogP) is 1.04. The molecule has 1 saturated heterocycles. The minimum absolute atomic E-state index is 0.0592. The molecule has 20 heavy (non-hydrogen) atoms. The molecule has 1 aromatic rings. The summed E-state index contributed by atoms with van der Waals surface area (Å²) in [7, 11) is -3.00. The fourth-order valence-electron chi connectivity index (χ4n) is 2.43.